The Labute approximate surface area is 144 Å². The first-order valence-electron chi connectivity index (χ1n) is 8.19. The fourth-order valence-corrected chi connectivity index (χ4v) is 2.21. The van der Waals surface area contributed by atoms with Crippen LogP contribution in [0.15, 0.2) is 39.9 Å². The van der Waals surface area contributed by atoms with E-state index in [1.165, 1.54) is 5.56 Å². The molecule has 0 saturated carbocycles. The predicted molar refractivity (Wildman–Crippen MR) is 98.0 cm³/mol. The molecule has 0 saturated heterocycles. The van der Waals surface area contributed by atoms with Crippen LogP contribution in [-0.2, 0) is 6.54 Å². The Morgan fingerprint density at radius 2 is 1.96 bits per heavy atom. The van der Waals surface area contributed by atoms with Crippen LogP contribution in [0.2, 0.25) is 0 Å². The number of oxazole rings is 1. The van der Waals surface area contributed by atoms with E-state index in [9.17, 15) is 0 Å². The van der Waals surface area contributed by atoms with Crippen LogP contribution in [0.4, 0.5) is 0 Å². The van der Waals surface area contributed by atoms with Crippen molar-refractivity contribution in [1.82, 2.24) is 20.5 Å². The minimum Gasteiger partial charge on any atom is -0.444 e. The summed E-state index contributed by atoms with van der Waals surface area (Å²) in [5.74, 6) is 1.41. The van der Waals surface area contributed by atoms with E-state index < -0.39 is 0 Å². The molecule has 6 heteroatoms. The first-order chi connectivity index (χ1) is 11.6. The predicted octanol–water partition coefficient (Wildman–Crippen LogP) is 2.27. The van der Waals surface area contributed by atoms with Crippen molar-refractivity contribution < 1.29 is 4.42 Å². The van der Waals surface area contributed by atoms with Gasteiger partial charge in [0.05, 0.1) is 12.2 Å². The van der Waals surface area contributed by atoms with Crippen LogP contribution in [0.1, 0.15) is 17.7 Å². The van der Waals surface area contributed by atoms with Gasteiger partial charge in [-0.05, 0) is 46.1 Å². The Hall–Kier alpha value is -2.34. The molecule has 2 N–H and O–H groups in total. The number of aliphatic imine (C=N–C) groups is 1. The van der Waals surface area contributed by atoms with Crippen LogP contribution in [0.3, 0.4) is 0 Å². The number of aryl methyl sites for hydroxylation is 1. The van der Waals surface area contributed by atoms with Crippen molar-refractivity contribution in [3.8, 4) is 11.5 Å². The van der Waals surface area contributed by atoms with E-state index in [0.717, 1.165) is 36.7 Å². The largest absolute Gasteiger partial charge is 0.444 e. The zero-order valence-corrected chi connectivity index (χ0v) is 15.0. The van der Waals surface area contributed by atoms with Crippen LogP contribution in [-0.4, -0.2) is 50.1 Å². The van der Waals surface area contributed by atoms with Crippen molar-refractivity contribution >= 4 is 5.96 Å². The lowest BCUT2D eigenvalue weighted by Crippen LogP contribution is -2.38. The third-order valence-corrected chi connectivity index (χ3v) is 3.59. The Morgan fingerprint density at radius 1 is 1.21 bits per heavy atom. The maximum atomic E-state index is 5.56. The molecule has 6 nitrogen and oxygen atoms in total. The van der Waals surface area contributed by atoms with Gasteiger partial charge >= 0.3 is 0 Å². The van der Waals surface area contributed by atoms with Crippen LogP contribution < -0.4 is 10.6 Å². The molecular weight excluding hydrogens is 302 g/mol. The Balaban J connectivity index is 1.82. The van der Waals surface area contributed by atoms with Gasteiger partial charge in [0.15, 0.2) is 5.96 Å². The number of hydrogen-bond acceptors (Lipinski definition) is 4. The summed E-state index contributed by atoms with van der Waals surface area (Å²) in [6.07, 6.45) is 2.75. The van der Waals surface area contributed by atoms with Gasteiger partial charge in [0.1, 0.15) is 6.26 Å². The van der Waals surface area contributed by atoms with Crippen molar-refractivity contribution in [2.45, 2.75) is 19.9 Å². The average Bonchev–Trinajstić information content (AvgIpc) is 3.03. The lowest BCUT2D eigenvalue weighted by atomic mass is 10.1. The molecule has 24 heavy (non-hydrogen) atoms. The van der Waals surface area contributed by atoms with Crippen LogP contribution in [0.5, 0.6) is 0 Å². The van der Waals surface area contributed by atoms with E-state index in [1.54, 1.807) is 13.3 Å². The Kier molecular flexibility index (Phi) is 6.81. The van der Waals surface area contributed by atoms with Gasteiger partial charge in [-0.3, -0.25) is 4.99 Å². The molecule has 0 radical (unpaired) electrons. The standard InChI is InChI=1S/C18H27N5O/c1-14-6-8-15(9-7-14)17-22-16(13-24-17)12-21-18(19-2)20-10-5-11-23(3)4/h6-9,13H,5,10-12H2,1-4H3,(H2,19,20,21). The number of aromatic nitrogens is 1. The molecule has 130 valence electrons. The highest BCUT2D eigenvalue weighted by Gasteiger charge is 2.07. The number of benzene rings is 1. The Morgan fingerprint density at radius 3 is 2.62 bits per heavy atom. The van der Waals surface area contributed by atoms with E-state index in [-0.39, 0.29) is 0 Å². The van der Waals surface area contributed by atoms with Crippen molar-refractivity contribution in [1.29, 1.82) is 0 Å². The summed E-state index contributed by atoms with van der Waals surface area (Å²) in [7, 11) is 5.91. The van der Waals surface area contributed by atoms with Crippen molar-refractivity contribution in [2.24, 2.45) is 4.99 Å². The second-order valence-electron chi connectivity index (χ2n) is 6.02. The lowest BCUT2D eigenvalue weighted by molar-refractivity contribution is 0.399. The maximum absolute atomic E-state index is 5.56. The highest BCUT2D eigenvalue weighted by atomic mass is 16.3. The third kappa shape index (κ3) is 5.70. The summed E-state index contributed by atoms with van der Waals surface area (Å²) in [4.78, 5) is 10.9. The van der Waals surface area contributed by atoms with Crippen LogP contribution in [0, 0.1) is 6.92 Å². The smallest absolute Gasteiger partial charge is 0.226 e. The minimum atomic E-state index is 0.572. The summed E-state index contributed by atoms with van der Waals surface area (Å²) in [6.45, 7) is 4.56. The number of rotatable bonds is 7. The molecule has 1 aromatic carbocycles. The van der Waals surface area contributed by atoms with E-state index in [4.69, 9.17) is 4.42 Å². The number of nitrogens with one attached hydrogen (secondary N) is 2. The molecule has 0 fully saturated rings. The molecule has 2 rings (SSSR count). The molecule has 1 aromatic heterocycles. The first-order valence-corrected chi connectivity index (χ1v) is 8.19. The Bertz CT molecular complexity index is 646. The van der Waals surface area contributed by atoms with E-state index in [0.29, 0.717) is 12.4 Å². The molecular formula is C18H27N5O. The molecule has 0 spiro atoms. The van der Waals surface area contributed by atoms with Crippen LogP contribution >= 0.6 is 0 Å². The monoisotopic (exact) mass is 329 g/mol. The zero-order valence-electron chi connectivity index (χ0n) is 15.0. The normalized spacial score (nSPS) is 11.8. The fourth-order valence-electron chi connectivity index (χ4n) is 2.21. The molecule has 2 aromatic rings. The molecule has 0 aliphatic carbocycles. The van der Waals surface area contributed by atoms with E-state index in [1.807, 2.05) is 12.1 Å². The van der Waals surface area contributed by atoms with Gasteiger partial charge in [0, 0.05) is 19.2 Å². The van der Waals surface area contributed by atoms with Crippen molar-refractivity contribution in [3.63, 3.8) is 0 Å². The summed E-state index contributed by atoms with van der Waals surface area (Å²) >= 11 is 0. The van der Waals surface area contributed by atoms with Gasteiger partial charge in [0.2, 0.25) is 5.89 Å². The average molecular weight is 329 g/mol. The molecule has 0 unspecified atom stereocenters. The van der Waals surface area contributed by atoms with E-state index in [2.05, 4.69) is 58.7 Å². The topological polar surface area (TPSA) is 65.7 Å². The van der Waals surface area contributed by atoms with Gasteiger partial charge in [-0.15, -0.1) is 0 Å². The SMILES string of the molecule is CN=C(NCCCN(C)C)NCc1coc(-c2ccc(C)cc2)n1. The second kappa shape index (κ2) is 9.08. The minimum absolute atomic E-state index is 0.572. The van der Waals surface area contributed by atoms with Crippen molar-refractivity contribution in [2.75, 3.05) is 34.2 Å². The fraction of sp³-hybridized carbons (Fsp3) is 0.444. The quantitative estimate of drug-likeness (QED) is 0.463. The molecule has 0 amide bonds. The molecule has 1 heterocycles. The summed E-state index contributed by atoms with van der Waals surface area (Å²) in [5, 5.41) is 6.54. The lowest BCUT2D eigenvalue weighted by Gasteiger charge is -2.12. The second-order valence-corrected chi connectivity index (χ2v) is 6.02. The number of hydrogen-bond donors (Lipinski definition) is 2. The highest BCUT2D eigenvalue weighted by Crippen LogP contribution is 2.18. The number of guanidine groups is 1. The molecule has 0 bridgehead atoms. The van der Waals surface area contributed by atoms with E-state index >= 15 is 0 Å². The molecule has 0 aliphatic heterocycles. The van der Waals surface area contributed by atoms with Crippen LogP contribution in [0.25, 0.3) is 11.5 Å². The summed E-state index contributed by atoms with van der Waals surface area (Å²) < 4.78 is 5.56. The van der Waals surface area contributed by atoms with Gasteiger partial charge in [0.25, 0.3) is 0 Å². The highest BCUT2D eigenvalue weighted by molar-refractivity contribution is 5.79. The third-order valence-electron chi connectivity index (χ3n) is 3.59. The van der Waals surface area contributed by atoms with Gasteiger partial charge < -0.3 is 20.0 Å². The van der Waals surface area contributed by atoms with Gasteiger partial charge in [-0.1, -0.05) is 17.7 Å². The number of nitrogens with zero attached hydrogens (tertiary/aromatic N) is 3. The molecule has 0 atom stereocenters. The summed E-state index contributed by atoms with van der Waals surface area (Å²) in [5.41, 5.74) is 3.05. The maximum Gasteiger partial charge on any atom is 0.226 e. The van der Waals surface area contributed by atoms with Gasteiger partial charge in [-0.25, -0.2) is 4.98 Å². The first kappa shape index (κ1) is 18.0. The molecule has 0 aliphatic rings. The zero-order chi connectivity index (χ0) is 17.4. The van der Waals surface area contributed by atoms with Crippen molar-refractivity contribution in [3.05, 3.63) is 41.8 Å². The summed E-state index contributed by atoms with van der Waals surface area (Å²) in [6, 6.07) is 8.14. The van der Waals surface area contributed by atoms with Gasteiger partial charge in [-0.2, -0.15) is 0 Å².